The summed E-state index contributed by atoms with van der Waals surface area (Å²) in [5.41, 5.74) is 9.16. The maximum absolute atomic E-state index is 9.11. The third-order valence-corrected chi connectivity index (χ3v) is 9.93. The molecule has 2 aliphatic rings. The van der Waals surface area contributed by atoms with Gasteiger partial charge >= 0.3 is 0 Å². The van der Waals surface area contributed by atoms with Gasteiger partial charge in [0.1, 0.15) is 12.2 Å². The molecule has 0 fully saturated rings. The van der Waals surface area contributed by atoms with Crippen LogP contribution in [0.5, 0.6) is 23.5 Å². The van der Waals surface area contributed by atoms with E-state index in [1.54, 1.807) is 14.2 Å². The molecule has 2 aliphatic carbocycles. The zero-order valence-corrected chi connectivity index (χ0v) is 33.2. The molecule has 2 atom stereocenters. The number of pyridine rings is 2. The van der Waals surface area contributed by atoms with Gasteiger partial charge in [-0.1, -0.05) is 36.4 Å². The van der Waals surface area contributed by atoms with Crippen LogP contribution in [0.15, 0.2) is 57.5 Å². The average Bonchev–Trinajstić information content (AvgIpc) is 3.71. The van der Waals surface area contributed by atoms with Crippen molar-refractivity contribution >= 4 is 58.9 Å². The van der Waals surface area contributed by atoms with E-state index in [0.717, 1.165) is 45.8 Å². The Bertz CT molecular complexity index is 1640. The molecular formula is C36H44Br2N4O6S2. The van der Waals surface area contributed by atoms with Gasteiger partial charge in [-0.05, 0) is 103 Å². The summed E-state index contributed by atoms with van der Waals surface area (Å²) < 4.78 is 25.7. The summed E-state index contributed by atoms with van der Waals surface area (Å²) in [6.07, 6.45) is 3.20. The van der Waals surface area contributed by atoms with Crippen molar-refractivity contribution < 1.29 is 29.2 Å². The predicted octanol–water partition coefficient (Wildman–Crippen LogP) is 6.21. The van der Waals surface area contributed by atoms with Crippen LogP contribution in [-0.2, 0) is 25.9 Å². The Balaban J connectivity index is 0.00000281. The molecule has 0 saturated heterocycles. The first-order valence-corrected chi connectivity index (χ1v) is 17.7. The molecule has 0 radical (unpaired) electrons. The molecule has 270 valence electrons. The molecule has 4 N–H and O–H groups in total. The zero-order chi connectivity index (χ0) is 33.6. The Morgan fingerprint density at radius 2 is 1.10 bits per heavy atom. The first kappa shape index (κ1) is 40.2. The second kappa shape index (κ2) is 18.8. The zero-order valence-electron chi connectivity index (χ0n) is 28.0. The van der Waals surface area contributed by atoms with Crippen molar-refractivity contribution in [3.05, 3.63) is 90.9 Å². The van der Waals surface area contributed by atoms with Crippen LogP contribution in [0.3, 0.4) is 0 Å². The maximum Gasteiger partial charge on any atom is 0.231 e. The fourth-order valence-corrected chi connectivity index (χ4v) is 7.53. The van der Waals surface area contributed by atoms with E-state index in [-0.39, 0.29) is 52.4 Å². The van der Waals surface area contributed by atoms with Gasteiger partial charge in [0.25, 0.3) is 0 Å². The number of aliphatic hydroxyl groups is 2. The van der Waals surface area contributed by atoms with Gasteiger partial charge in [0.2, 0.25) is 23.5 Å². The summed E-state index contributed by atoms with van der Waals surface area (Å²) in [6, 6.07) is 16.9. The summed E-state index contributed by atoms with van der Waals surface area (Å²) in [5.74, 6) is 1.97. The molecule has 4 aromatic rings. The lowest BCUT2D eigenvalue weighted by atomic mass is 9.91. The summed E-state index contributed by atoms with van der Waals surface area (Å²) in [5, 5.41) is 24.6. The number of hydrogen-bond donors (Lipinski definition) is 4. The fourth-order valence-electron chi connectivity index (χ4n) is 6.62. The molecule has 0 unspecified atom stereocenters. The van der Waals surface area contributed by atoms with Crippen molar-refractivity contribution in [3.63, 3.8) is 0 Å². The van der Waals surface area contributed by atoms with E-state index in [4.69, 9.17) is 29.2 Å². The molecule has 0 amide bonds. The van der Waals surface area contributed by atoms with Gasteiger partial charge in [0.05, 0.1) is 36.4 Å². The molecule has 0 aliphatic heterocycles. The summed E-state index contributed by atoms with van der Waals surface area (Å²) >= 11 is 7.30. The number of rotatable bonds is 15. The number of fused-ring (bicyclic) bond motifs is 2. The Kier molecular flexibility index (Phi) is 15.1. The largest absolute Gasteiger partial charge is 0.481 e. The standard InChI is InChI=1S/C36H40Br2N4O6.2H2S/c1-45-33-21(19-39-13-15-43)17-29(37)35(41-33)47-31-11-9-25-23(5-3-7-27(25)31)24-6-4-8-28-26(24)10-12-32(28)48-36-30(38)18-22(20-40-14-16-44)34(42-36)46-2;;/h3-8,17-18,31-32,39-40,43-44H,9-16,19-20H2,1-2H3;2*1H2/t31-,32-;;/m0../s1. The number of ether oxygens (including phenoxy) is 4. The molecule has 2 aromatic carbocycles. The molecule has 10 nitrogen and oxygen atoms in total. The predicted molar refractivity (Wildman–Crippen MR) is 211 cm³/mol. The van der Waals surface area contributed by atoms with Crippen molar-refractivity contribution in [2.24, 2.45) is 0 Å². The lowest BCUT2D eigenvalue weighted by Crippen LogP contribution is -2.18. The number of aromatic nitrogens is 2. The van der Waals surface area contributed by atoms with Crippen molar-refractivity contribution in [2.45, 2.75) is 51.0 Å². The Morgan fingerprint density at radius 1 is 0.680 bits per heavy atom. The van der Waals surface area contributed by atoms with Gasteiger partial charge in [-0.3, -0.25) is 0 Å². The minimum Gasteiger partial charge on any atom is -0.481 e. The number of aliphatic hydroxyl groups excluding tert-OH is 2. The minimum absolute atomic E-state index is 0. The number of methoxy groups -OCH3 is 2. The summed E-state index contributed by atoms with van der Waals surface area (Å²) in [7, 11) is 3.20. The average molecular weight is 853 g/mol. The lowest BCUT2D eigenvalue weighted by Gasteiger charge is -2.19. The third kappa shape index (κ3) is 8.72. The van der Waals surface area contributed by atoms with Crippen LogP contribution in [0.4, 0.5) is 0 Å². The van der Waals surface area contributed by atoms with Gasteiger partial charge in [0, 0.05) is 37.3 Å². The smallest absolute Gasteiger partial charge is 0.231 e. The number of hydrogen-bond acceptors (Lipinski definition) is 10. The summed E-state index contributed by atoms with van der Waals surface area (Å²) in [6.45, 7) is 2.15. The van der Waals surface area contributed by atoms with E-state index < -0.39 is 0 Å². The van der Waals surface area contributed by atoms with Crippen molar-refractivity contribution in [3.8, 4) is 34.6 Å². The normalized spacial score (nSPS) is 15.8. The van der Waals surface area contributed by atoms with Crippen LogP contribution in [0.25, 0.3) is 11.1 Å². The Hall–Kier alpha value is -2.56. The van der Waals surface area contributed by atoms with E-state index >= 15 is 0 Å². The van der Waals surface area contributed by atoms with Crippen LogP contribution in [0.1, 0.15) is 58.4 Å². The van der Waals surface area contributed by atoms with Gasteiger partial charge in [-0.2, -0.15) is 37.0 Å². The Labute approximate surface area is 323 Å². The molecule has 0 spiro atoms. The number of nitrogens with one attached hydrogen (secondary N) is 2. The highest BCUT2D eigenvalue weighted by Gasteiger charge is 2.32. The van der Waals surface area contributed by atoms with Crippen LogP contribution in [0, 0.1) is 0 Å². The van der Waals surface area contributed by atoms with Crippen molar-refractivity contribution in [1.82, 2.24) is 20.6 Å². The first-order chi connectivity index (χ1) is 23.4. The Morgan fingerprint density at radius 3 is 1.48 bits per heavy atom. The first-order valence-electron chi connectivity index (χ1n) is 16.1. The van der Waals surface area contributed by atoms with Crippen molar-refractivity contribution in [1.29, 1.82) is 0 Å². The molecule has 2 heterocycles. The van der Waals surface area contributed by atoms with Gasteiger partial charge in [-0.15, -0.1) is 0 Å². The third-order valence-electron chi connectivity index (χ3n) is 8.79. The highest BCUT2D eigenvalue weighted by Crippen LogP contribution is 2.46. The number of halogens is 2. The van der Waals surface area contributed by atoms with Crippen molar-refractivity contribution in [2.75, 3.05) is 40.5 Å². The van der Waals surface area contributed by atoms with Crippen LogP contribution in [0.2, 0.25) is 0 Å². The van der Waals surface area contributed by atoms with Gasteiger partial charge in [-0.25, -0.2) is 0 Å². The highest BCUT2D eigenvalue weighted by atomic mass is 79.9. The number of benzene rings is 2. The lowest BCUT2D eigenvalue weighted by molar-refractivity contribution is 0.194. The molecular weight excluding hydrogens is 808 g/mol. The van der Waals surface area contributed by atoms with Crippen LogP contribution in [-0.4, -0.2) is 60.7 Å². The molecule has 0 bridgehead atoms. The van der Waals surface area contributed by atoms with E-state index in [0.29, 0.717) is 49.7 Å². The second-order valence-electron chi connectivity index (χ2n) is 11.7. The highest BCUT2D eigenvalue weighted by molar-refractivity contribution is 9.10. The maximum atomic E-state index is 9.11. The monoisotopic (exact) mass is 850 g/mol. The van der Waals surface area contributed by atoms with Crippen LogP contribution < -0.4 is 29.6 Å². The van der Waals surface area contributed by atoms with Gasteiger partial charge < -0.3 is 39.8 Å². The quantitative estimate of drug-likeness (QED) is 0.103. The summed E-state index contributed by atoms with van der Waals surface area (Å²) in [4.78, 5) is 9.36. The van der Waals surface area contributed by atoms with E-state index in [1.165, 1.54) is 33.4 Å². The molecule has 0 saturated carbocycles. The van der Waals surface area contributed by atoms with E-state index in [9.17, 15) is 0 Å². The minimum atomic E-state index is -0.139. The van der Waals surface area contributed by atoms with E-state index in [1.807, 2.05) is 12.1 Å². The second-order valence-corrected chi connectivity index (χ2v) is 13.4. The van der Waals surface area contributed by atoms with Gasteiger partial charge in [0.15, 0.2) is 0 Å². The topological polar surface area (TPSA) is 127 Å². The SMILES string of the molecule is COc1nc(O[C@H]2CCc3c(-c4cccc5c4CC[C@@H]5Oc4nc(OC)c(CNCCO)cc4Br)cccc32)c(Br)cc1CNCCO.S.S. The van der Waals surface area contributed by atoms with E-state index in [2.05, 4.69) is 88.9 Å². The molecule has 14 heteroatoms. The number of nitrogens with zero attached hydrogens (tertiary/aromatic N) is 2. The fraction of sp³-hybridized carbons (Fsp3) is 0.389. The molecule has 6 rings (SSSR count). The van der Waals surface area contributed by atoms with Crippen LogP contribution >= 0.6 is 58.9 Å². The molecule has 2 aromatic heterocycles. The molecule has 50 heavy (non-hydrogen) atoms.